The highest BCUT2D eigenvalue weighted by molar-refractivity contribution is 6.28. The van der Waals surface area contributed by atoms with Gasteiger partial charge in [-0.25, -0.2) is 0 Å². The first-order valence-corrected chi connectivity index (χ1v) is 4.02. The third-order valence-corrected chi connectivity index (χ3v) is 1.74. The van der Waals surface area contributed by atoms with Crippen LogP contribution in [-0.2, 0) is 6.42 Å². The first-order chi connectivity index (χ1) is 5.33. The lowest BCUT2D eigenvalue weighted by Gasteiger charge is -1.98. The molecule has 0 bridgehead atoms. The molecule has 0 aromatic heterocycles. The standard InChI is InChI=1S/C9H10ClN/c10-7-9(11)6-8-4-2-1-3-5-8/h1-5,11H,6-7H2. The average Bonchev–Trinajstić information content (AvgIpc) is 2.06. The van der Waals surface area contributed by atoms with Gasteiger partial charge in [0.05, 0.1) is 5.88 Å². The van der Waals surface area contributed by atoms with E-state index >= 15 is 0 Å². The normalized spacial score (nSPS) is 9.55. The zero-order valence-corrected chi connectivity index (χ0v) is 6.93. The maximum absolute atomic E-state index is 7.34. The Morgan fingerprint density at radius 3 is 2.45 bits per heavy atom. The van der Waals surface area contributed by atoms with Gasteiger partial charge in [-0.15, -0.1) is 11.6 Å². The summed E-state index contributed by atoms with van der Waals surface area (Å²) in [6, 6.07) is 9.91. The Labute approximate surface area is 71.5 Å². The number of hydrogen-bond donors (Lipinski definition) is 1. The van der Waals surface area contributed by atoms with E-state index in [1.807, 2.05) is 30.3 Å². The number of benzene rings is 1. The summed E-state index contributed by atoms with van der Waals surface area (Å²) in [5, 5.41) is 7.34. The van der Waals surface area contributed by atoms with Crippen LogP contribution in [0.25, 0.3) is 0 Å². The van der Waals surface area contributed by atoms with Crippen LogP contribution < -0.4 is 0 Å². The maximum atomic E-state index is 7.34. The van der Waals surface area contributed by atoms with E-state index in [4.69, 9.17) is 17.0 Å². The van der Waals surface area contributed by atoms with Crippen LogP contribution in [0.1, 0.15) is 5.56 Å². The molecule has 0 aliphatic heterocycles. The molecule has 0 saturated carbocycles. The van der Waals surface area contributed by atoms with E-state index in [-0.39, 0.29) is 0 Å². The molecule has 0 aliphatic carbocycles. The van der Waals surface area contributed by atoms with E-state index in [1.54, 1.807) is 0 Å². The third kappa shape index (κ3) is 2.72. The molecule has 58 valence electrons. The minimum atomic E-state index is 0.328. The van der Waals surface area contributed by atoms with Gasteiger partial charge in [-0.05, 0) is 5.56 Å². The van der Waals surface area contributed by atoms with E-state index in [9.17, 15) is 0 Å². The van der Waals surface area contributed by atoms with E-state index in [1.165, 1.54) is 0 Å². The zero-order chi connectivity index (χ0) is 8.10. The van der Waals surface area contributed by atoms with Gasteiger partial charge in [0.15, 0.2) is 0 Å². The van der Waals surface area contributed by atoms with Crippen LogP contribution in [0.3, 0.4) is 0 Å². The molecule has 1 aromatic rings. The molecule has 0 spiro atoms. The van der Waals surface area contributed by atoms with E-state index < -0.39 is 0 Å². The predicted octanol–water partition coefficient (Wildman–Crippen LogP) is 2.49. The van der Waals surface area contributed by atoms with Gasteiger partial charge >= 0.3 is 0 Å². The summed E-state index contributed by atoms with van der Waals surface area (Å²) in [6.45, 7) is 0. The van der Waals surface area contributed by atoms with Crippen molar-refractivity contribution in [3.8, 4) is 0 Å². The molecule has 0 saturated heterocycles. The lowest BCUT2D eigenvalue weighted by molar-refractivity contribution is 1.27. The molecule has 2 heteroatoms. The van der Waals surface area contributed by atoms with Gasteiger partial charge in [0.1, 0.15) is 0 Å². The second-order valence-corrected chi connectivity index (χ2v) is 2.67. The monoisotopic (exact) mass is 167 g/mol. The fraction of sp³-hybridized carbons (Fsp3) is 0.222. The highest BCUT2D eigenvalue weighted by atomic mass is 35.5. The molecule has 1 N–H and O–H groups in total. The topological polar surface area (TPSA) is 23.9 Å². The molecule has 0 atom stereocenters. The van der Waals surface area contributed by atoms with Gasteiger partial charge in [0.2, 0.25) is 0 Å². The SMILES string of the molecule is N=C(CCl)Cc1ccccc1. The third-order valence-electron chi connectivity index (χ3n) is 1.42. The quantitative estimate of drug-likeness (QED) is 0.529. The first-order valence-electron chi connectivity index (χ1n) is 3.49. The zero-order valence-electron chi connectivity index (χ0n) is 6.18. The molecule has 1 aromatic carbocycles. The van der Waals surface area contributed by atoms with Crippen LogP contribution in [0, 0.1) is 5.41 Å². The fourth-order valence-electron chi connectivity index (χ4n) is 0.890. The summed E-state index contributed by atoms with van der Waals surface area (Å²) in [4.78, 5) is 0. The molecular weight excluding hydrogens is 158 g/mol. The van der Waals surface area contributed by atoms with Gasteiger partial charge < -0.3 is 5.41 Å². The van der Waals surface area contributed by atoms with Gasteiger partial charge in [-0.2, -0.15) is 0 Å². The van der Waals surface area contributed by atoms with Crippen molar-refractivity contribution < 1.29 is 0 Å². The molecule has 11 heavy (non-hydrogen) atoms. The second-order valence-electron chi connectivity index (χ2n) is 2.40. The van der Waals surface area contributed by atoms with Crippen LogP contribution in [0.2, 0.25) is 0 Å². The Bertz CT molecular complexity index is 231. The van der Waals surface area contributed by atoms with Crippen molar-refractivity contribution in [1.82, 2.24) is 0 Å². The Morgan fingerprint density at radius 1 is 1.27 bits per heavy atom. The lowest BCUT2D eigenvalue weighted by Crippen LogP contribution is -2.01. The Morgan fingerprint density at radius 2 is 1.91 bits per heavy atom. The van der Waals surface area contributed by atoms with Crippen LogP contribution in [-0.4, -0.2) is 11.6 Å². The van der Waals surface area contributed by atoms with Gasteiger partial charge in [0, 0.05) is 12.1 Å². The highest BCUT2D eigenvalue weighted by Crippen LogP contribution is 2.00. The molecule has 0 radical (unpaired) electrons. The number of halogens is 1. The Kier molecular flexibility index (Phi) is 3.12. The smallest absolute Gasteiger partial charge is 0.0604 e. The number of rotatable bonds is 3. The van der Waals surface area contributed by atoms with Crippen molar-refractivity contribution in [3.05, 3.63) is 35.9 Å². The van der Waals surface area contributed by atoms with E-state index in [0.29, 0.717) is 18.0 Å². The fourth-order valence-corrected chi connectivity index (χ4v) is 0.984. The van der Waals surface area contributed by atoms with E-state index in [2.05, 4.69) is 0 Å². The largest absolute Gasteiger partial charge is 0.308 e. The van der Waals surface area contributed by atoms with Crippen molar-refractivity contribution in [3.63, 3.8) is 0 Å². The summed E-state index contributed by atoms with van der Waals surface area (Å²) in [6.07, 6.45) is 0.671. The molecule has 1 rings (SSSR count). The predicted molar refractivity (Wildman–Crippen MR) is 48.6 cm³/mol. The molecular formula is C9H10ClN. The minimum absolute atomic E-state index is 0.328. The summed E-state index contributed by atoms with van der Waals surface area (Å²) in [5.74, 6) is 0.328. The molecule has 0 amide bonds. The van der Waals surface area contributed by atoms with Crippen molar-refractivity contribution in [2.45, 2.75) is 6.42 Å². The molecule has 0 fully saturated rings. The van der Waals surface area contributed by atoms with Gasteiger partial charge in [-0.3, -0.25) is 0 Å². The van der Waals surface area contributed by atoms with Crippen molar-refractivity contribution in [2.24, 2.45) is 0 Å². The first kappa shape index (κ1) is 8.28. The average molecular weight is 168 g/mol. The Hall–Kier alpha value is -0.820. The number of alkyl halides is 1. The number of nitrogens with one attached hydrogen (secondary N) is 1. The van der Waals surface area contributed by atoms with Crippen LogP contribution in [0.4, 0.5) is 0 Å². The van der Waals surface area contributed by atoms with Gasteiger partial charge in [0.25, 0.3) is 0 Å². The summed E-state index contributed by atoms with van der Waals surface area (Å²) in [5.41, 5.74) is 1.72. The van der Waals surface area contributed by atoms with Crippen molar-refractivity contribution >= 4 is 17.3 Å². The molecule has 1 nitrogen and oxygen atoms in total. The Balaban J connectivity index is 2.58. The second kappa shape index (κ2) is 4.14. The van der Waals surface area contributed by atoms with Crippen LogP contribution in [0.5, 0.6) is 0 Å². The van der Waals surface area contributed by atoms with Crippen molar-refractivity contribution in [1.29, 1.82) is 5.41 Å². The van der Waals surface area contributed by atoms with Crippen LogP contribution in [0.15, 0.2) is 30.3 Å². The van der Waals surface area contributed by atoms with Crippen LogP contribution >= 0.6 is 11.6 Å². The summed E-state index contributed by atoms with van der Waals surface area (Å²) >= 11 is 5.48. The molecule has 0 heterocycles. The van der Waals surface area contributed by atoms with Gasteiger partial charge in [-0.1, -0.05) is 30.3 Å². The highest BCUT2D eigenvalue weighted by Gasteiger charge is 1.95. The molecule has 0 unspecified atom stereocenters. The molecule has 0 aliphatic rings. The summed E-state index contributed by atoms with van der Waals surface area (Å²) < 4.78 is 0. The van der Waals surface area contributed by atoms with E-state index in [0.717, 1.165) is 5.56 Å². The van der Waals surface area contributed by atoms with Crippen molar-refractivity contribution in [2.75, 3.05) is 5.88 Å². The summed E-state index contributed by atoms with van der Waals surface area (Å²) in [7, 11) is 0. The number of hydrogen-bond acceptors (Lipinski definition) is 1. The lowest BCUT2D eigenvalue weighted by atomic mass is 10.1. The minimum Gasteiger partial charge on any atom is -0.308 e. The maximum Gasteiger partial charge on any atom is 0.0604 e.